The van der Waals surface area contributed by atoms with E-state index in [0.717, 1.165) is 12.1 Å². The van der Waals surface area contributed by atoms with Crippen LogP contribution in [-0.4, -0.2) is 44.4 Å². The first-order chi connectivity index (χ1) is 9.56. The predicted octanol–water partition coefficient (Wildman–Crippen LogP) is 2.06. The Morgan fingerprint density at radius 1 is 1.35 bits per heavy atom. The van der Waals surface area contributed by atoms with Crippen LogP contribution in [0.2, 0.25) is 0 Å². The number of benzene rings is 1. The molecule has 1 unspecified atom stereocenters. The van der Waals surface area contributed by atoms with E-state index in [1.165, 1.54) is 7.11 Å². The van der Waals surface area contributed by atoms with Crippen LogP contribution in [0.4, 0.5) is 13.2 Å². The molecule has 2 rings (SSSR count). The van der Waals surface area contributed by atoms with Crippen molar-refractivity contribution in [2.45, 2.75) is 18.4 Å². The highest BCUT2D eigenvalue weighted by Gasteiger charge is 2.32. The lowest BCUT2D eigenvalue weighted by Crippen LogP contribution is -2.46. The van der Waals surface area contributed by atoms with Gasteiger partial charge in [0.1, 0.15) is 24.1 Å². The Balaban J connectivity index is 2.29. The van der Waals surface area contributed by atoms with Crippen LogP contribution in [0, 0.1) is 11.6 Å². The van der Waals surface area contributed by atoms with Gasteiger partial charge < -0.3 is 15.4 Å². The second-order valence-corrected chi connectivity index (χ2v) is 5.05. The Kier molecular flexibility index (Phi) is 4.88. The molecule has 0 aromatic heterocycles. The second kappa shape index (κ2) is 6.45. The highest BCUT2D eigenvalue weighted by atomic mass is 19.1. The van der Waals surface area contributed by atoms with E-state index < -0.39 is 24.2 Å². The molecule has 0 aliphatic carbocycles. The lowest BCUT2D eigenvalue weighted by molar-refractivity contribution is 0.174. The molecule has 2 atom stereocenters. The van der Waals surface area contributed by atoms with Gasteiger partial charge in [0.25, 0.3) is 0 Å². The van der Waals surface area contributed by atoms with Crippen molar-refractivity contribution < 1.29 is 17.9 Å². The largest absolute Gasteiger partial charge is 0.497 e. The lowest BCUT2D eigenvalue weighted by atomic mass is 9.86. The highest BCUT2D eigenvalue weighted by Crippen LogP contribution is 2.32. The third-order valence-corrected chi connectivity index (χ3v) is 3.81. The molecule has 2 N–H and O–H groups in total. The zero-order valence-electron chi connectivity index (χ0n) is 11.4. The van der Waals surface area contributed by atoms with Crippen LogP contribution in [0.15, 0.2) is 12.1 Å². The number of nitrogens with zero attached hydrogens (tertiary/aromatic N) is 1. The number of halogens is 3. The summed E-state index contributed by atoms with van der Waals surface area (Å²) in [5.41, 5.74) is 5.97. The van der Waals surface area contributed by atoms with Crippen LogP contribution in [0.3, 0.4) is 0 Å². The molecule has 1 heterocycles. The molecule has 1 aromatic carbocycles. The van der Waals surface area contributed by atoms with Gasteiger partial charge in [0, 0.05) is 42.7 Å². The van der Waals surface area contributed by atoms with Gasteiger partial charge in [0.2, 0.25) is 0 Å². The molecule has 0 radical (unpaired) electrons. The summed E-state index contributed by atoms with van der Waals surface area (Å²) in [5, 5.41) is 0. The van der Waals surface area contributed by atoms with Crippen molar-refractivity contribution in [1.29, 1.82) is 0 Å². The van der Waals surface area contributed by atoms with Gasteiger partial charge in [-0.2, -0.15) is 0 Å². The third-order valence-electron chi connectivity index (χ3n) is 3.81. The second-order valence-electron chi connectivity index (χ2n) is 5.05. The Morgan fingerprint density at radius 2 is 2.00 bits per heavy atom. The molecule has 20 heavy (non-hydrogen) atoms. The van der Waals surface area contributed by atoms with Gasteiger partial charge in [-0.1, -0.05) is 0 Å². The van der Waals surface area contributed by atoms with Crippen LogP contribution >= 0.6 is 0 Å². The van der Waals surface area contributed by atoms with Crippen molar-refractivity contribution in [3.8, 4) is 5.75 Å². The van der Waals surface area contributed by atoms with Gasteiger partial charge in [-0.05, 0) is 13.0 Å². The molecular weight excluding hydrogens is 269 g/mol. The van der Waals surface area contributed by atoms with Gasteiger partial charge in [-0.25, -0.2) is 13.2 Å². The summed E-state index contributed by atoms with van der Waals surface area (Å²) in [4.78, 5) is 1.84. The standard InChI is InChI=1S/C14H19F3N2O/c1-20-9-6-11(16)14(12(17)7-9)10-8-19(5-3-15)4-2-13(10)18/h6-7,10,13H,2-5,8,18H2,1H3/t10?,13-/m1/s1. The van der Waals surface area contributed by atoms with Gasteiger partial charge in [0.15, 0.2) is 0 Å². The van der Waals surface area contributed by atoms with Crippen molar-refractivity contribution >= 4 is 0 Å². The summed E-state index contributed by atoms with van der Waals surface area (Å²) in [6.45, 7) is 0.810. The molecule has 0 amide bonds. The van der Waals surface area contributed by atoms with E-state index in [4.69, 9.17) is 10.5 Å². The van der Waals surface area contributed by atoms with Crippen LogP contribution < -0.4 is 10.5 Å². The first-order valence-corrected chi connectivity index (χ1v) is 6.63. The number of methoxy groups -OCH3 is 1. The minimum Gasteiger partial charge on any atom is -0.497 e. The average molecular weight is 288 g/mol. The maximum atomic E-state index is 14.1. The molecule has 3 nitrogen and oxygen atoms in total. The number of rotatable bonds is 4. The minimum atomic E-state index is -0.663. The van der Waals surface area contributed by atoms with E-state index in [0.29, 0.717) is 19.5 Å². The van der Waals surface area contributed by atoms with Crippen LogP contribution in [0.5, 0.6) is 5.75 Å². The Labute approximate surface area is 116 Å². The monoisotopic (exact) mass is 288 g/mol. The Hall–Kier alpha value is -1.27. The number of hydrogen-bond donors (Lipinski definition) is 1. The number of alkyl halides is 1. The van der Waals surface area contributed by atoms with Crippen LogP contribution in [0.1, 0.15) is 17.9 Å². The van der Waals surface area contributed by atoms with Crippen molar-refractivity contribution in [2.24, 2.45) is 5.73 Å². The average Bonchev–Trinajstić information content (AvgIpc) is 2.41. The molecular formula is C14H19F3N2O. The minimum absolute atomic E-state index is 0.0261. The number of hydrogen-bond acceptors (Lipinski definition) is 3. The fraction of sp³-hybridized carbons (Fsp3) is 0.571. The highest BCUT2D eigenvalue weighted by molar-refractivity contribution is 5.34. The summed E-state index contributed by atoms with van der Waals surface area (Å²) in [7, 11) is 1.35. The quantitative estimate of drug-likeness (QED) is 0.921. The topological polar surface area (TPSA) is 38.5 Å². The van der Waals surface area contributed by atoms with Gasteiger partial charge >= 0.3 is 0 Å². The summed E-state index contributed by atoms with van der Waals surface area (Å²) < 4.78 is 45.5. The molecule has 0 saturated carbocycles. The fourth-order valence-electron chi connectivity index (χ4n) is 2.70. The Morgan fingerprint density at radius 3 is 2.55 bits per heavy atom. The first kappa shape index (κ1) is 15.1. The van der Waals surface area contributed by atoms with E-state index in [2.05, 4.69) is 0 Å². The molecule has 0 spiro atoms. The lowest BCUT2D eigenvalue weighted by Gasteiger charge is -2.37. The van der Waals surface area contributed by atoms with Gasteiger partial charge in [0.05, 0.1) is 7.11 Å². The SMILES string of the molecule is COc1cc(F)c(C2CN(CCF)CC[C@H]2N)c(F)c1. The van der Waals surface area contributed by atoms with Crippen molar-refractivity contribution in [2.75, 3.05) is 33.4 Å². The molecule has 112 valence electrons. The fourth-order valence-corrected chi connectivity index (χ4v) is 2.70. The molecule has 1 aliphatic rings. The number of piperidine rings is 1. The van der Waals surface area contributed by atoms with E-state index in [-0.39, 0.29) is 23.9 Å². The summed E-state index contributed by atoms with van der Waals surface area (Å²) in [5.74, 6) is -1.66. The van der Waals surface area contributed by atoms with Crippen LogP contribution in [-0.2, 0) is 0 Å². The smallest absolute Gasteiger partial charge is 0.133 e. The van der Waals surface area contributed by atoms with E-state index in [9.17, 15) is 13.2 Å². The maximum Gasteiger partial charge on any atom is 0.133 e. The molecule has 1 fully saturated rings. The van der Waals surface area contributed by atoms with E-state index in [1.54, 1.807) is 0 Å². The third kappa shape index (κ3) is 3.07. The van der Waals surface area contributed by atoms with E-state index >= 15 is 0 Å². The van der Waals surface area contributed by atoms with E-state index in [1.807, 2.05) is 4.90 Å². The Bertz CT molecular complexity index is 447. The molecule has 1 aromatic rings. The number of ether oxygens (including phenoxy) is 1. The van der Waals surface area contributed by atoms with Crippen LogP contribution in [0.25, 0.3) is 0 Å². The predicted molar refractivity (Wildman–Crippen MR) is 70.7 cm³/mol. The van der Waals surface area contributed by atoms with Crippen molar-refractivity contribution in [1.82, 2.24) is 4.90 Å². The van der Waals surface area contributed by atoms with Gasteiger partial charge in [-0.3, -0.25) is 0 Å². The molecule has 1 aliphatic heterocycles. The van der Waals surface area contributed by atoms with Crippen molar-refractivity contribution in [3.63, 3.8) is 0 Å². The molecule has 6 heteroatoms. The summed E-state index contributed by atoms with van der Waals surface area (Å²) in [6, 6.07) is 1.97. The maximum absolute atomic E-state index is 14.1. The summed E-state index contributed by atoms with van der Waals surface area (Å²) in [6.07, 6.45) is 0.593. The zero-order valence-corrected chi connectivity index (χ0v) is 11.4. The molecule has 1 saturated heterocycles. The van der Waals surface area contributed by atoms with Crippen molar-refractivity contribution in [3.05, 3.63) is 29.3 Å². The first-order valence-electron chi connectivity index (χ1n) is 6.63. The molecule has 0 bridgehead atoms. The zero-order chi connectivity index (χ0) is 14.7. The normalized spacial score (nSPS) is 23.9. The number of likely N-dealkylation sites (tertiary alicyclic amines) is 1. The van der Waals surface area contributed by atoms with Gasteiger partial charge in [-0.15, -0.1) is 0 Å². The number of nitrogens with two attached hydrogens (primary N) is 1. The summed E-state index contributed by atoms with van der Waals surface area (Å²) >= 11 is 0.